The van der Waals surface area contributed by atoms with Crippen LogP contribution in [-0.4, -0.2) is 27.2 Å². The van der Waals surface area contributed by atoms with Crippen molar-refractivity contribution < 1.29 is 17.9 Å². The summed E-state index contributed by atoms with van der Waals surface area (Å²) in [5, 5.41) is -0.702. The van der Waals surface area contributed by atoms with E-state index in [2.05, 4.69) is 4.74 Å². The Morgan fingerprint density at radius 2 is 1.77 bits per heavy atom. The van der Waals surface area contributed by atoms with Crippen molar-refractivity contribution in [3.05, 3.63) is 35.4 Å². The Morgan fingerprint density at radius 3 is 2.32 bits per heavy atom. The van der Waals surface area contributed by atoms with Crippen LogP contribution in [0.3, 0.4) is 0 Å². The molecule has 0 N–H and O–H groups in total. The molecule has 0 aliphatic heterocycles. The Labute approximate surface area is 132 Å². The normalized spacial score (nSPS) is 17.9. The van der Waals surface area contributed by atoms with E-state index in [-0.39, 0.29) is 0 Å². The zero-order chi connectivity index (χ0) is 16.2. The second-order valence-electron chi connectivity index (χ2n) is 6.03. The third kappa shape index (κ3) is 4.09. The van der Waals surface area contributed by atoms with Crippen molar-refractivity contribution >= 4 is 15.8 Å². The van der Waals surface area contributed by atoms with Crippen LogP contribution < -0.4 is 0 Å². The fourth-order valence-electron chi connectivity index (χ4n) is 3.03. The maximum atomic E-state index is 12.2. The standard InChI is InChI=1S/C17H24O4S/c1-13(22(19,20)12-17(18)21-2)14-8-10-16(11-9-14)15-6-4-3-5-7-15/h8-11,13,15H,3-7,12H2,1-2H3. The lowest BCUT2D eigenvalue weighted by Crippen LogP contribution is -2.21. The molecule has 1 saturated carbocycles. The van der Waals surface area contributed by atoms with Gasteiger partial charge in [-0.05, 0) is 36.8 Å². The Kier molecular flexibility index (Phi) is 5.62. The number of hydrogen-bond donors (Lipinski definition) is 0. The minimum Gasteiger partial charge on any atom is -0.468 e. The Balaban J connectivity index is 2.10. The van der Waals surface area contributed by atoms with Crippen molar-refractivity contribution in [2.24, 2.45) is 0 Å². The van der Waals surface area contributed by atoms with Crippen molar-refractivity contribution in [1.82, 2.24) is 0 Å². The fourth-order valence-corrected chi connectivity index (χ4v) is 4.30. The summed E-state index contributed by atoms with van der Waals surface area (Å²) in [6.45, 7) is 1.62. The summed E-state index contributed by atoms with van der Waals surface area (Å²) in [5.41, 5.74) is 2.02. The Bertz CT molecular complexity index is 598. The summed E-state index contributed by atoms with van der Waals surface area (Å²) in [5.74, 6) is -0.690. The highest BCUT2D eigenvalue weighted by Gasteiger charge is 2.26. The maximum absolute atomic E-state index is 12.2. The van der Waals surface area contributed by atoms with E-state index in [1.54, 1.807) is 6.92 Å². The van der Waals surface area contributed by atoms with Gasteiger partial charge >= 0.3 is 5.97 Å². The molecule has 22 heavy (non-hydrogen) atoms. The zero-order valence-electron chi connectivity index (χ0n) is 13.2. The van der Waals surface area contributed by atoms with E-state index in [9.17, 15) is 13.2 Å². The number of hydrogen-bond acceptors (Lipinski definition) is 4. The van der Waals surface area contributed by atoms with Gasteiger partial charge in [-0.15, -0.1) is 0 Å². The molecule has 1 atom stereocenters. The third-order valence-electron chi connectivity index (χ3n) is 4.57. The molecule has 0 saturated heterocycles. The summed E-state index contributed by atoms with van der Waals surface area (Å²) in [6, 6.07) is 7.83. The molecule has 0 amide bonds. The molecule has 1 aliphatic rings. The van der Waals surface area contributed by atoms with Crippen LogP contribution in [0.1, 0.15) is 61.3 Å². The highest BCUT2D eigenvalue weighted by atomic mass is 32.2. The first kappa shape index (κ1) is 17.0. The molecule has 0 aromatic heterocycles. The summed E-state index contributed by atoms with van der Waals surface area (Å²) >= 11 is 0. The zero-order valence-corrected chi connectivity index (χ0v) is 14.1. The van der Waals surface area contributed by atoms with Gasteiger partial charge in [0.05, 0.1) is 12.4 Å². The van der Waals surface area contributed by atoms with Crippen LogP contribution >= 0.6 is 0 Å². The van der Waals surface area contributed by atoms with Crippen molar-refractivity contribution in [1.29, 1.82) is 0 Å². The highest BCUT2D eigenvalue weighted by Crippen LogP contribution is 2.33. The second kappa shape index (κ2) is 7.27. The number of rotatable bonds is 5. The van der Waals surface area contributed by atoms with Crippen molar-refractivity contribution in [2.45, 2.75) is 50.2 Å². The van der Waals surface area contributed by atoms with Gasteiger partial charge in [0.25, 0.3) is 0 Å². The molecule has 0 bridgehead atoms. The topological polar surface area (TPSA) is 60.4 Å². The SMILES string of the molecule is COC(=O)CS(=O)(=O)C(C)c1ccc(C2CCCCC2)cc1. The van der Waals surface area contributed by atoms with Gasteiger partial charge in [0.1, 0.15) is 5.75 Å². The van der Waals surface area contributed by atoms with Gasteiger partial charge in [0.2, 0.25) is 0 Å². The van der Waals surface area contributed by atoms with Gasteiger partial charge in [0.15, 0.2) is 9.84 Å². The van der Waals surface area contributed by atoms with E-state index in [1.807, 2.05) is 24.3 Å². The lowest BCUT2D eigenvalue weighted by atomic mass is 9.84. The van der Waals surface area contributed by atoms with Crippen molar-refractivity contribution in [3.63, 3.8) is 0 Å². The molecule has 122 valence electrons. The molecule has 0 spiro atoms. The van der Waals surface area contributed by atoms with Crippen molar-refractivity contribution in [2.75, 3.05) is 12.9 Å². The lowest BCUT2D eigenvalue weighted by molar-refractivity contribution is -0.137. The number of sulfone groups is 1. The third-order valence-corrected chi connectivity index (χ3v) is 6.56. The molecule has 0 heterocycles. The van der Waals surface area contributed by atoms with Crippen molar-refractivity contribution in [3.8, 4) is 0 Å². The lowest BCUT2D eigenvalue weighted by Gasteiger charge is -2.22. The molecule has 5 heteroatoms. The van der Waals surface area contributed by atoms with Gasteiger partial charge in [-0.3, -0.25) is 4.79 Å². The number of benzene rings is 1. The van der Waals surface area contributed by atoms with Gasteiger partial charge < -0.3 is 4.74 Å². The number of carbonyl (C=O) groups is 1. The van der Waals surface area contributed by atoms with Crippen LogP contribution in [0.4, 0.5) is 0 Å². The molecular formula is C17H24O4S. The molecule has 4 nitrogen and oxygen atoms in total. The van der Waals surface area contributed by atoms with Crippen LogP contribution in [0.25, 0.3) is 0 Å². The minimum atomic E-state index is -3.54. The second-order valence-corrected chi connectivity index (χ2v) is 8.35. The molecule has 1 fully saturated rings. The molecule has 1 aromatic rings. The average molecular weight is 324 g/mol. The molecule has 0 radical (unpaired) electrons. The van der Waals surface area contributed by atoms with Crippen LogP contribution in [0.2, 0.25) is 0 Å². The van der Waals surface area contributed by atoms with Gasteiger partial charge in [-0.25, -0.2) is 8.42 Å². The summed E-state index contributed by atoms with van der Waals surface area (Å²) < 4.78 is 28.8. The van der Waals surface area contributed by atoms with E-state index in [0.29, 0.717) is 5.92 Å². The van der Waals surface area contributed by atoms with Crippen LogP contribution in [0.15, 0.2) is 24.3 Å². The Morgan fingerprint density at radius 1 is 1.18 bits per heavy atom. The van der Waals surface area contributed by atoms with E-state index >= 15 is 0 Å². The van der Waals surface area contributed by atoms with E-state index < -0.39 is 26.8 Å². The molecule has 1 unspecified atom stereocenters. The number of carbonyl (C=O) groups excluding carboxylic acids is 1. The monoisotopic (exact) mass is 324 g/mol. The summed E-state index contributed by atoms with van der Waals surface area (Å²) in [6.07, 6.45) is 6.30. The summed E-state index contributed by atoms with van der Waals surface area (Å²) in [4.78, 5) is 11.2. The first-order valence-corrected chi connectivity index (χ1v) is 9.54. The van der Waals surface area contributed by atoms with Gasteiger partial charge in [-0.2, -0.15) is 0 Å². The summed E-state index contributed by atoms with van der Waals surface area (Å²) in [7, 11) is -2.34. The maximum Gasteiger partial charge on any atom is 0.320 e. The predicted molar refractivity (Wildman–Crippen MR) is 86.5 cm³/mol. The molecular weight excluding hydrogens is 300 g/mol. The smallest absolute Gasteiger partial charge is 0.320 e. The number of methoxy groups -OCH3 is 1. The highest BCUT2D eigenvalue weighted by molar-refractivity contribution is 7.92. The van der Waals surface area contributed by atoms with Gasteiger partial charge in [0, 0.05) is 0 Å². The quantitative estimate of drug-likeness (QED) is 0.779. The predicted octanol–water partition coefficient (Wildman–Crippen LogP) is 3.38. The largest absolute Gasteiger partial charge is 0.468 e. The van der Waals surface area contributed by atoms with Crippen LogP contribution in [0.5, 0.6) is 0 Å². The molecule has 1 aromatic carbocycles. The van der Waals surface area contributed by atoms with Crippen LogP contribution in [0, 0.1) is 0 Å². The first-order valence-electron chi connectivity index (χ1n) is 7.82. The fraction of sp³-hybridized carbons (Fsp3) is 0.588. The number of esters is 1. The van der Waals surface area contributed by atoms with Crippen LogP contribution in [-0.2, 0) is 19.4 Å². The molecule has 2 rings (SSSR count). The Hall–Kier alpha value is -1.36. The first-order chi connectivity index (χ1) is 10.4. The minimum absolute atomic E-state index is 0.574. The van der Waals surface area contributed by atoms with E-state index in [1.165, 1.54) is 44.8 Å². The molecule has 1 aliphatic carbocycles. The van der Waals surface area contributed by atoms with E-state index in [4.69, 9.17) is 0 Å². The average Bonchev–Trinajstić information content (AvgIpc) is 2.54. The number of ether oxygens (including phenoxy) is 1. The van der Waals surface area contributed by atoms with E-state index in [0.717, 1.165) is 5.56 Å². The van der Waals surface area contributed by atoms with Gasteiger partial charge in [-0.1, -0.05) is 43.5 Å².